The van der Waals surface area contributed by atoms with Gasteiger partial charge >= 0.3 is 11.9 Å². The van der Waals surface area contributed by atoms with Crippen molar-refractivity contribution in [1.82, 2.24) is 83.2 Å². The maximum atomic E-state index is 15.2. The number of nitrogens with one attached hydrogen (secondary N) is 14. The summed E-state index contributed by atoms with van der Waals surface area (Å²) in [5.74, 6) is -16.4. The summed E-state index contributed by atoms with van der Waals surface area (Å²) >= 11 is 0. The summed E-state index contributed by atoms with van der Waals surface area (Å²) in [6.45, 7) is 1.60. The van der Waals surface area contributed by atoms with Crippen molar-refractivity contribution in [2.45, 2.75) is 177 Å². The first-order valence-electron chi connectivity index (χ1n) is 36.9. The minimum Gasteiger partial charge on any atom is -0.481 e. The third-order valence-corrected chi connectivity index (χ3v) is 21.1. The molecule has 23 N–H and O–H groups in total. The number of H-pyrrole nitrogens is 2. The molecule has 2 aromatic heterocycles. The summed E-state index contributed by atoms with van der Waals surface area (Å²) in [7, 11) is 1.84. The Hall–Kier alpha value is -11.9. The van der Waals surface area contributed by atoms with Crippen LogP contribution in [0.4, 0.5) is 0 Å². The Labute approximate surface area is 661 Å². The highest BCUT2D eigenvalue weighted by Crippen LogP contribution is 2.29. The van der Waals surface area contributed by atoms with Gasteiger partial charge in [0.1, 0.15) is 66.5 Å². The smallest absolute Gasteiger partial charge is 0.305 e. The van der Waals surface area contributed by atoms with Crippen LogP contribution in [0.1, 0.15) is 108 Å². The van der Waals surface area contributed by atoms with Crippen LogP contribution in [0.15, 0.2) is 85.5 Å². The molecule has 3 saturated heterocycles. The van der Waals surface area contributed by atoms with Gasteiger partial charge in [-0.15, -0.1) is 0 Å². The van der Waals surface area contributed by atoms with Gasteiger partial charge in [0.05, 0.1) is 25.0 Å². The minimum atomic E-state index is -1.71. The molecule has 0 saturated carbocycles. The van der Waals surface area contributed by atoms with E-state index in [-0.39, 0.29) is 101 Å². The van der Waals surface area contributed by atoms with Gasteiger partial charge in [-0.05, 0) is 98.7 Å². The van der Waals surface area contributed by atoms with Crippen molar-refractivity contribution in [3.63, 3.8) is 0 Å². The number of benzene rings is 3. The number of carbonyl (C=O) groups is 16. The zero-order valence-electron chi connectivity index (χ0n) is 62.8. The highest BCUT2D eigenvalue weighted by atomic mass is 33.1. The number of nitrogens with zero attached hydrogens (tertiary/aromatic N) is 3. The maximum Gasteiger partial charge on any atom is 0.305 e. The molecular weight excluding hydrogens is 1530 g/mol. The highest BCUT2D eigenvalue weighted by molar-refractivity contribution is 8.76. The summed E-state index contributed by atoms with van der Waals surface area (Å²) in [5.41, 5.74) is 18.7. The molecule has 3 fully saturated rings. The standard InChI is InChI=1S/C71H94N20O17S2.C2H4O2/c1-38(92)81-53-35-109-110-36-54(69(107)91-26-10-18-56(91)70(108)90-25-9-17-55(90)68(106)85-46(15-6-7-23-72)62(100)86-49(60(73)98)31-59(96)97)82-57(93)34-79-61(99)51(29-42-32-78-45-14-5-4-13-44(42)45)88-63(101)47(16-8-24-77-71(74)75)83-65(103)50(28-39-19-20-40-11-2-3-12-41(40)27-39)87-66(104)52(30-43-33-76-37-80-43)89-64(102)48(84-67(53)105)21-22-58(94)95;1-2(3)4/h2-5,11-14,19-20,27,32-33,37,46-56,78H,6-10,15-18,21-26,28-31,34-36,72H2,1H3,(H2,73,98)(H,76,80)(H,79,99)(H,81,92)(H,82,93)(H,83,103)(H,84,105)(H,85,106)(H,86,100)(H,87,104)(H,88,101)(H,89,102)(H,94,95)(H,96,97)(H4,74,75,77);1H3,(H,3,4)/t46-,47-,48-,49-,50+,51-,52-,53-,54-,55-,56-;/m0./s1. The third-order valence-electron chi connectivity index (χ3n) is 18.7. The van der Waals surface area contributed by atoms with E-state index in [0.29, 0.717) is 41.3 Å². The molecule has 0 aliphatic carbocycles. The lowest BCUT2D eigenvalue weighted by Crippen LogP contribution is -2.61. The molecule has 114 heavy (non-hydrogen) atoms. The van der Waals surface area contributed by atoms with E-state index in [1.54, 1.807) is 54.7 Å². The maximum absolute atomic E-state index is 15.2. The molecule has 41 heteroatoms. The second-order valence-electron chi connectivity index (χ2n) is 27.4. The van der Waals surface area contributed by atoms with Crippen molar-refractivity contribution < 1.29 is 92.0 Å². The average molecular weight is 1620 g/mol. The van der Waals surface area contributed by atoms with E-state index in [2.05, 4.69) is 73.4 Å². The first-order valence-corrected chi connectivity index (χ1v) is 39.4. The molecule has 39 nitrogen and oxygen atoms in total. The number of rotatable bonds is 27. The number of hydrogen-bond acceptors (Lipinski definition) is 21. The first-order chi connectivity index (χ1) is 54.4. The number of carboxylic acid groups (broad SMARTS) is 3. The number of primary amides is 1. The van der Waals surface area contributed by atoms with Crippen LogP contribution in [0.3, 0.4) is 0 Å². The number of guanidine groups is 1. The van der Waals surface area contributed by atoms with Crippen LogP contribution >= 0.6 is 21.6 Å². The summed E-state index contributed by atoms with van der Waals surface area (Å²) in [6, 6.07) is 3.43. The topological polar surface area (TPSA) is 619 Å². The Morgan fingerprint density at radius 1 is 0.640 bits per heavy atom. The van der Waals surface area contributed by atoms with E-state index >= 15 is 19.2 Å². The van der Waals surface area contributed by atoms with Crippen LogP contribution in [-0.4, -0.2) is 251 Å². The molecular formula is C73H98N20O19S2. The second kappa shape index (κ2) is 44.4. The Morgan fingerprint density at radius 2 is 1.25 bits per heavy atom. The van der Waals surface area contributed by atoms with Gasteiger partial charge < -0.3 is 111 Å². The van der Waals surface area contributed by atoms with Gasteiger partial charge in [0.25, 0.3) is 5.97 Å². The van der Waals surface area contributed by atoms with Gasteiger partial charge in [0.15, 0.2) is 5.96 Å². The van der Waals surface area contributed by atoms with Crippen molar-refractivity contribution in [1.29, 1.82) is 5.41 Å². The number of likely N-dealkylation sites (tertiary alicyclic amines) is 2. The van der Waals surface area contributed by atoms with E-state index in [1.165, 1.54) is 22.3 Å². The summed E-state index contributed by atoms with van der Waals surface area (Å²) in [6.07, 6.45) is 2.89. The highest BCUT2D eigenvalue weighted by Gasteiger charge is 2.45. The molecule has 3 aliphatic heterocycles. The van der Waals surface area contributed by atoms with Gasteiger partial charge in [-0.3, -0.25) is 82.1 Å². The number of aromatic amines is 2. The third kappa shape index (κ3) is 27.8. The zero-order chi connectivity index (χ0) is 83.1. The van der Waals surface area contributed by atoms with E-state index in [0.717, 1.165) is 46.2 Å². The predicted molar refractivity (Wildman–Crippen MR) is 416 cm³/mol. The van der Waals surface area contributed by atoms with E-state index in [9.17, 15) is 63.0 Å². The number of aliphatic carboxylic acids is 3. The molecule has 3 aromatic carbocycles. The molecule has 8 rings (SSSR count). The SMILES string of the molecule is CC(=O)N[C@H]1CSSC[C@@H](C(=O)N2CCC[C@H]2C(=O)N2CCC[C@H]2C(=O)N[C@@H](CCCCN)C(=O)N[C@@H](CC(=O)O)C(N)=O)NC(=O)CNC(=O)[C@H](Cc2c[nH]c3ccccc23)NC(=O)[C@H](CCCNC(=N)N)NC(=O)[C@@H](Cc2ccc3ccccc3c2)NC(=O)[C@H](Cc2c[nH]cn2)NC(=O)[C@H](CCC(=O)O)NC1=O.CC(=O)O. The van der Waals surface area contributed by atoms with E-state index in [1.807, 2.05) is 18.2 Å². The van der Waals surface area contributed by atoms with Crippen LogP contribution in [0, 0.1) is 5.41 Å². The quantitative estimate of drug-likeness (QED) is 0.0110. The number of imidazole rings is 1. The number of carbonyl (C=O) groups excluding carboxylic acids is 13. The average Bonchev–Trinajstić information content (AvgIpc) is 1.63. The molecule has 11 atom stereocenters. The van der Waals surface area contributed by atoms with E-state index < -0.39 is 193 Å². The number of unbranched alkanes of at least 4 members (excludes halogenated alkanes) is 1. The summed E-state index contributed by atoms with van der Waals surface area (Å²) < 4.78 is 0. The van der Waals surface area contributed by atoms with Crippen molar-refractivity contribution in [2.24, 2.45) is 17.2 Å². The summed E-state index contributed by atoms with van der Waals surface area (Å²) in [5, 5.41) is 65.5. The largest absolute Gasteiger partial charge is 0.481 e. The molecule has 3 aliphatic rings. The molecule has 5 heterocycles. The fourth-order valence-electron chi connectivity index (χ4n) is 13.1. The first kappa shape index (κ1) is 89.3. The fraction of sp³-hybridized carbons (Fsp3) is 0.479. The number of carboxylic acids is 3. The van der Waals surface area contributed by atoms with Crippen molar-refractivity contribution >= 4 is 144 Å². The Kier molecular flexibility index (Phi) is 34.8. The predicted octanol–water partition coefficient (Wildman–Crippen LogP) is -2.74. The molecule has 0 bridgehead atoms. The lowest BCUT2D eigenvalue weighted by Gasteiger charge is -2.33. The molecule has 616 valence electrons. The minimum absolute atomic E-state index is 0.000714. The normalized spacial score (nSPS) is 21.6. The summed E-state index contributed by atoms with van der Waals surface area (Å²) in [4.78, 5) is 232. The lowest BCUT2D eigenvalue weighted by atomic mass is 9.99. The van der Waals surface area contributed by atoms with Crippen LogP contribution in [-0.2, 0) is 96.0 Å². The Morgan fingerprint density at radius 3 is 1.89 bits per heavy atom. The van der Waals surface area contributed by atoms with Gasteiger partial charge in [-0.25, -0.2) is 4.98 Å². The van der Waals surface area contributed by atoms with Crippen LogP contribution in [0.2, 0.25) is 0 Å². The van der Waals surface area contributed by atoms with Crippen molar-refractivity contribution in [2.75, 3.05) is 44.2 Å². The van der Waals surface area contributed by atoms with Crippen LogP contribution in [0.5, 0.6) is 0 Å². The Balaban J connectivity index is 0.00000439. The lowest BCUT2D eigenvalue weighted by molar-refractivity contribution is -0.148. The molecule has 0 radical (unpaired) electrons. The van der Waals surface area contributed by atoms with Gasteiger partial charge in [0, 0.05) is 94.0 Å². The molecule has 13 amide bonds. The van der Waals surface area contributed by atoms with Crippen LogP contribution in [0.25, 0.3) is 21.7 Å². The van der Waals surface area contributed by atoms with Gasteiger partial charge in [-0.1, -0.05) is 82.3 Å². The number of aromatic nitrogens is 3. The molecule has 5 aromatic rings. The molecule has 0 unspecified atom stereocenters. The zero-order valence-corrected chi connectivity index (χ0v) is 64.4. The number of hydrogen-bond donors (Lipinski definition) is 20. The van der Waals surface area contributed by atoms with Gasteiger partial charge in [0.2, 0.25) is 76.8 Å². The fourth-order valence-corrected chi connectivity index (χ4v) is 15.4. The number of amides is 13. The number of para-hydroxylation sites is 1. The van der Waals surface area contributed by atoms with Crippen molar-refractivity contribution in [3.8, 4) is 0 Å². The van der Waals surface area contributed by atoms with Gasteiger partial charge in [-0.2, -0.15) is 0 Å². The van der Waals surface area contributed by atoms with Crippen LogP contribution < -0.4 is 75.7 Å². The Bertz CT molecular complexity index is 4300. The second-order valence-corrected chi connectivity index (χ2v) is 30.0. The van der Waals surface area contributed by atoms with Crippen molar-refractivity contribution in [3.05, 3.63) is 102 Å². The number of fused-ring (bicyclic) bond motifs is 2. The number of nitrogens with two attached hydrogens (primary N) is 3. The monoisotopic (exact) mass is 1620 g/mol. The van der Waals surface area contributed by atoms with E-state index in [4.69, 9.17) is 32.5 Å². The molecule has 0 spiro atoms.